The summed E-state index contributed by atoms with van der Waals surface area (Å²) in [6, 6.07) is 5.00. The van der Waals surface area contributed by atoms with Crippen molar-refractivity contribution < 1.29 is 14.7 Å². The highest BCUT2D eigenvalue weighted by Gasteiger charge is 2.54. The first-order valence-electron chi connectivity index (χ1n) is 8.81. The molecule has 0 unspecified atom stereocenters. The van der Waals surface area contributed by atoms with Gasteiger partial charge in [0, 0.05) is 5.41 Å². The predicted octanol–water partition coefficient (Wildman–Crippen LogP) is 4.06. The third-order valence-electron chi connectivity index (χ3n) is 6.40. The van der Waals surface area contributed by atoms with E-state index in [0.717, 1.165) is 24.8 Å². The maximum Gasteiger partial charge on any atom is 0.173 e. The lowest BCUT2D eigenvalue weighted by atomic mass is 9.48. The molecule has 23 heavy (non-hydrogen) atoms. The van der Waals surface area contributed by atoms with Crippen LogP contribution in [0.2, 0.25) is 0 Å². The van der Waals surface area contributed by atoms with E-state index in [4.69, 9.17) is 0 Å². The molecule has 5 rings (SSSR count). The summed E-state index contributed by atoms with van der Waals surface area (Å²) >= 11 is 0. The molecule has 4 bridgehead atoms. The van der Waals surface area contributed by atoms with Crippen molar-refractivity contribution in [1.29, 1.82) is 0 Å². The van der Waals surface area contributed by atoms with Crippen molar-refractivity contribution in [3.63, 3.8) is 0 Å². The average Bonchev–Trinajstić information content (AvgIpc) is 2.48. The first kappa shape index (κ1) is 14.9. The van der Waals surface area contributed by atoms with Crippen LogP contribution in [0.25, 0.3) is 0 Å². The Morgan fingerprint density at radius 2 is 1.65 bits per heavy atom. The van der Waals surface area contributed by atoms with Crippen LogP contribution in [0.3, 0.4) is 0 Å². The van der Waals surface area contributed by atoms with E-state index in [1.54, 1.807) is 12.1 Å². The molecule has 1 N–H and O–H groups in total. The molecule has 0 spiro atoms. The second kappa shape index (κ2) is 5.19. The summed E-state index contributed by atoms with van der Waals surface area (Å²) in [5.74, 6) is 1.99. The smallest absolute Gasteiger partial charge is 0.173 e. The van der Waals surface area contributed by atoms with Crippen LogP contribution in [0.15, 0.2) is 18.2 Å². The van der Waals surface area contributed by atoms with Gasteiger partial charge in [-0.25, -0.2) is 0 Å². The van der Waals surface area contributed by atoms with Crippen molar-refractivity contribution in [2.75, 3.05) is 0 Å². The zero-order chi connectivity index (χ0) is 16.2. The molecule has 0 aliphatic heterocycles. The Balaban J connectivity index is 1.54. The van der Waals surface area contributed by atoms with E-state index >= 15 is 0 Å². The first-order valence-corrected chi connectivity index (χ1v) is 8.81. The molecule has 4 aliphatic rings. The Labute approximate surface area is 137 Å². The van der Waals surface area contributed by atoms with Gasteiger partial charge in [0.1, 0.15) is 11.5 Å². The van der Waals surface area contributed by atoms with Crippen LogP contribution in [-0.4, -0.2) is 16.7 Å². The Morgan fingerprint density at radius 1 is 1.09 bits per heavy atom. The number of carbonyl (C=O) groups is 2. The lowest BCUT2D eigenvalue weighted by Crippen LogP contribution is -2.50. The van der Waals surface area contributed by atoms with Crippen molar-refractivity contribution in [2.24, 2.45) is 23.2 Å². The highest BCUT2D eigenvalue weighted by atomic mass is 16.3. The average molecular weight is 312 g/mol. The summed E-state index contributed by atoms with van der Waals surface area (Å²) in [7, 11) is 0. The van der Waals surface area contributed by atoms with Gasteiger partial charge in [-0.2, -0.15) is 0 Å². The number of hydrogen-bond acceptors (Lipinski definition) is 3. The fraction of sp³-hybridized carbons (Fsp3) is 0.600. The minimum absolute atomic E-state index is 0.0149. The quantitative estimate of drug-likeness (QED) is 0.674. The van der Waals surface area contributed by atoms with E-state index in [-0.39, 0.29) is 29.2 Å². The monoisotopic (exact) mass is 312 g/mol. The number of Topliss-reactive ketones (excluding diaryl/α,β-unsaturated/α-hetero) is 2. The number of phenols is 1. The molecule has 0 atom stereocenters. The summed E-state index contributed by atoms with van der Waals surface area (Å²) < 4.78 is 0. The lowest BCUT2D eigenvalue weighted by molar-refractivity contribution is -0.142. The molecule has 0 radical (unpaired) electrons. The Bertz CT molecular complexity index is 638. The van der Waals surface area contributed by atoms with Crippen LogP contribution >= 0.6 is 0 Å². The van der Waals surface area contributed by atoms with Crippen molar-refractivity contribution >= 4 is 11.6 Å². The number of rotatable bonds is 4. The molecule has 0 saturated heterocycles. The SMILES string of the molecule is Cc1ccc(O)c(C(=O)CC(=O)C23CC4CC(CC(C4)C2)C3)c1. The Kier molecular flexibility index (Phi) is 3.36. The number of aryl methyl sites for hydroxylation is 1. The molecule has 0 heterocycles. The summed E-state index contributed by atoms with van der Waals surface area (Å²) in [5, 5.41) is 9.92. The molecule has 3 nitrogen and oxygen atoms in total. The summed E-state index contributed by atoms with van der Waals surface area (Å²) in [6.07, 6.45) is 6.79. The molecule has 4 aliphatic carbocycles. The van der Waals surface area contributed by atoms with E-state index in [0.29, 0.717) is 23.3 Å². The molecule has 3 heteroatoms. The largest absolute Gasteiger partial charge is 0.507 e. The minimum Gasteiger partial charge on any atom is -0.507 e. The summed E-state index contributed by atoms with van der Waals surface area (Å²) in [4.78, 5) is 25.5. The fourth-order valence-electron chi connectivity index (χ4n) is 5.75. The summed E-state index contributed by atoms with van der Waals surface area (Å²) in [6.45, 7) is 1.89. The van der Waals surface area contributed by atoms with Gasteiger partial charge in [-0.3, -0.25) is 9.59 Å². The van der Waals surface area contributed by atoms with Crippen LogP contribution in [-0.2, 0) is 4.79 Å². The summed E-state index contributed by atoms with van der Waals surface area (Å²) in [5.41, 5.74) is 0.987. The van der Waals surface area contributed by atoms with Gasteiger partial charge in [0.2, 0.25) is 0 Å². The predicted molar refractivity (Wildman–Crippen MR) is 87.4 cm³/mol. The minimum atomic E-state index is -0.232. The highest BCUT2D eigenvalue weighted by Crippen LogP contribution is 2.60. The highest BCUT2D eigenvalue weighted by molar-refractivity contribution is 6.10. The molecule has 1 aromatic carbocycles. The van der Waals surface area contributed by atoms with Crippen LogP contribution in [0.1, 0.15) is 60.9 Å². The second-order valence-corrected chi connectivity index (χ2v) is 8.24. The van der Waals surface area contributed by atoms with Crippen molar-refractivity contribution in [2.45, 2.75) is 51.9 Å². The molecule has 4 saturated carbocycles. The van der Waals surface area contributed by atoms with Gasteiger partial charge < -0.3 is 5.11 Å². The second-order valence-electron chi connectivity index (χ2n) is 8.24. The normalized spacial score (nSPS) is 34.6. The Hall–Kier alpha value is -1.64. The van der Waals surface area contributed by atoms with Gasteiger partial charge in [0.05, 0.1) is 12.0 Å². The number of hydrogen-bond donors (Lipinski definition) is 1. The van der Waals surface area contributed by atoms with E-state index in [9.17, 15) is 14.7 Å². The van der Waals surface area contributed by atoms with Crippen LogP contribution in [0, 0.1) is 30.1 Å². The Morgan fingerprint density at radius 3 is 2.22 bits per heavy atom. The standard InChI is InChI=1S/C20H24O3/c1-12-2-3-17(21)16(4-12)18(22)8-19(23)20-9-13-5-14(10-20)7-15(6-13)11-20/h2-4,13-15,21H,5-11H2,1H3. The topological polar surface area (TPSA) is 54.4 Å². The van der Waals surface area contributed by atoms with Crippen LogP contribution in [0.4, 0.5) is 0 Å². The zero-order valence-electron chi connectivity index (χ0n) is 13.7. The van der Waals surface area contributed by atoms with Crippen LogP contribution in [0.5, 0.6) is 5.75 Å². The molecular formula is C20H24O3. The van der Waals surface area contributed by atoms with Gasteiger partial charge in [-0.15, -0.1) is 0 Å². The van der Waals surface area contributed by atoms with Crippen molar-refractivity contribution in [3.05, 3.63) is 29.3 Å². The van der Waals surface area contributed by atoms with Gasteiger partial charge in [-0.1, -0.05) is 11.6 Å². The van der Waals surface area contributed by atoms with Gasteiger partial charge in [0.15, 0.2) is 5.78 Å². The van der Waals surface area contributed by atoms with E-state index in [2.05, 4.69) is 0 Å². The molecular weight excluding hydrogens is 288 g/mol. The first-order chi connectivity index (χ1) is 10.9. The van der Waals surface area contributed by atoms with Gasteiger partial charge in [-0.05, 0) is 75.3 Å². The fourth-order valence-corrected chi connectivity index (χ4v) is 5.75. The number of carbonyl (C=O) groups excluding carboxylic acids is 2. The number of aromatic hydroxyl groups is 1. The molecule has 1 aromatic rings. The van der Waals surface area contributed by atoms with E-state index in [1.165, 1.54) is 25.3 Å². The maximum atomic E-state index is 13.0. The third kappa shape index (κ3) is 2.50. The van der Waals surface area contributed by atoms with Gasteiger partial charge >= 0.3 is 0 Å². The number of phenolic OH excluding ortho intramolecular Hbond substituents is 1. The zero-order valence-corrected chi connectivity index (χ0v) is 13.7. The number of benzene rings is 1. The van der Waals surface area contributed by atoms with Crippen LogP contribution < -0.4 is 0 Å². The molecule has 0 aromatic heterocycles. The maximum absolute atomic E-state index is 13.0. The van der Waals surface area contributed by atoms with E-state index < -0.39 is 0 Å². The number of ketones is 2. The van der Waals surface area contributed by atoms with Crippen molar-refractivity contribution in [1.82, 2.24) is 0 Å². The lowest BCUT2D eigenvalue weighted by Gasteiger charge is -2.56. The third-order valence-corrected chi connectivity index (χ3v) is 6.40. The van der Waals surface area contributed by atoms with E-state index in [1.807, 2.05) is 6.92 Å². The molecule has 0 amide bonds. The molecule has 122 valence electrons. The molecule has 4 fully saturated rings. The van der Waals surface area contributed by atoms with Gasteiger partial charge in [0.25, 0.3) is 0 Å². The van der Waals surface area contributed by atoms with Crippen molar-refractivity contribution in [3.8, 4) is 5.75 Å².